The van der Waals surface area contributed by atoms with Gasteiger partial charge in [-0.05, 0) is 19.3 Å². The molecule has 0 spiro atoms. The molecule has 6 nitrogen and oxygen atoms in total. The number of rotatable bonds is 4. The fraction of sp³-hybridized carbons (Fsp3) is 0.929. The summed E-state index contributed by atoms with van der Waals surface area (Å²) in [5.74, 6) is 0.542. The van der Waals surface area contributed by atoms with Gasteiger partial charge in [0, 0.05) is 31.8 Å². The highest BCUT2D eigenvalue weighted by atomic mass is 16.5. The number of nitrogens with one attached hydrogen (secondary N) is 1. The van der Waals surface area contributed by atoms with Gasteiger partial charge in [-0.25, -0.2) is 4.79 Å². The molecular formula is C14H24N2O4. The molecule has 3 aliphatic heterocycles. The van der Waals surface area contributed by atoms with Gasteiger partial charge in [0.2, 0.25) is 0 Å². The molecule has 0 aromatic heterocycles. The predicted octanol–water partition coefficient (Wildman–Crippen LogP) is 0.612. The minimum Gasteiger partial charge on any atom is -0.381 e. The molecule has 20 heavy (non-hydrogen) atoms. The summed E-state index contributed by atoms with van der Waals surface area (Å²) < 4.78 is 16.4. The molecule has 3 rings (SSSR count). The topological polar surface area (TPSA) is 60.0 Å². The molecule has 3 aliphatic rings. The summed E-state index contributed by atoms with van der Waals surface area (Å²) in [5.41, 5.74) is 0. The van der Waals surface area contributed by atoms with E-state index in [1.807, 2.05) is 4.90 Å². The lowest BCUT2D eigenvalue weighted by atomic mass is 10.1. The Hall–Kier alpha value is -0.850. The minimum atomic E-state index is 0.0425. The fourth-order valence-corrected chi connectivity index (χ4v) is 2.80. The Balaban J connectivity index is 1.29. The average molecular weight is 284 g/mol. The average Bonchev–Trinajstić information content (AvgIpc) is 2.91. The molecule has 0 saturated carbocycles. The smallest absolute Gasteiger partial charge is 0.317 e. The van der Waals surface area contributed by atoms with Crippen LogP contribution < -0.4 is 5.32 Å². The van der Waals surface area contributed by atoms with Crippen molar-refractivity contribution in [3.8, 4) is 0 Å². The second kappa shape index (κ2) is 6.74. The van der Waals surface area contributed by atoms with E-state index in [4.69, 9.17) is 14.2 Å². The first kappa shape index (κ1) is 14.1. The summed E-state index contributed by atoms with van der Waals surface area (Å²) in [6.45, 7) is 5.37. The largest absolute Gasteiger partial charge is 0.381 e. The molecule has 114 valence electrons. The van der Waals surface area contributed by atoms with Crippen LogP contribution in [0.1, 0.15) is 19.3 Å². The first-order valence-corrected chi connectivity index (χ1v) is 7.64. The summed E-state index contributed by atoms with van der Waals surface area (Å²) in [6.07, 6.45) is 3.14. The maximum absolute atomic E-state index is 12.0. The van der Waals surface area contributed by atoms with E-state index in [9.17, 15) is 4.79 Å². The van der Waals surface area contributed by atoms with Gasteiger partial charge in [0.15, 0.2) is 0 Å². The zero-order valence-corrected chi connectivity index (χ0v) is 11.9. The quantitative estimate of drug-likeness (QED) is 0.822. The van der Waals surface area contributed by atoms with E-state index in [2.05, 4.69) is 5.32 Å². The molecule has 0 bridgehead atoms. The molecule has 2 amide bonds. The van der Waals surface area contributed by atoms with Crippen LogP contribution in [0.2, 0.25) is 0 Å². The van der Waals surface area contributed by atoms with Crippen LogP contribution in [0.3, 0.4) is 0 Å². The van der Waals surface area contributed by atoms with Gasteiger partial charge in [-0.2, -0.15) is 0 Å². The van der Waals surface area contributed by atoms with Gasteiger partial charge in [0.25, 0.3) is 0 Å². The number of nitrogens with zero attached hydrogens (tertiary/aromatic N) is 1. The van der Waals surface area contributed by atoms with E-state index in [0.29, 0.717) is 19.0 Å². The van der Waals surface area contributed by atoms with Crippen molar-refractivity contribution in [1.82, 2.24) is 10.2 Å². The minimum absolute atomic E-state index is 0.0425. The first-order chi connectivity index (χ1) is 9.81. The van der Waals surface area contributed by atoms with Crippen molar-refractivity contribution >= 4 is 6.03 Å². The van der Waals surface area contributed by atoms with E-state index >= 15 is 0 Å². The van der Waals surface area contributed by atoms with Crippen LogP contribution in [-0.4, -0.2) is 69.2 Å². The second-order valence-corrected chi connectivity index (χ2v) is 5.93. The number of hydrogen-bond donors (Lipinski definition) is 1. The van der Waals surface area contributed by atoms with Gasteiger partial charge in [-0.15, -0.1) is 0 Å². The Morgan fingerprint density at radius 1 is 1.15 bits per heavy atom. The molecule has 1 atom stereocenters. The van der Waals surface area contributed by atoms with Crippen molar-refractivity contribution in [2.75, 3.05) is 46.1 Å². The highest BCUT2D eigenvalue weighted by Gasteiger charge is 2.33. The number of hydrogen-bond acceptors (Lipinski definition) is 4. The Morgan fingerprint density at radius 2 is 1.90 bits per heavy atom. The predicted molar refractivity (Wildman–Crippen MR) is 72.6 cm³/mol. The van der Waals surface area contributed by atoms with E-state index in [1.54, 1.807) is 0 Å². The molecule has 0 aromatic rings. The van der Waals surface area contributed by atoms with Gasteiger partial charge in [0.1, 0.15) is 0 Å². The third kappa shape index (κ3) is 3.62. The van der Waals surface area contributed by atoms with Crippen LogP contribution in [0.25, 0.3) is 0 Å². The van der Waals surface area contributed by atoms with Crippen molar-refractivity contribution in [2.24, 2.45) is 5.92 Å². The summed E-state index contributed by atoms with van der Waals surface area (Å²) >= 11 is 0. The van der Waals surface area contributed by atoms with Crippen molar-refractivity contribution in [2.45, 2.75) is 31.4 Å². The normalized spacial score (nSPS) is 28.4. The van der Waals surface area contributed by atoms with Crippen LogP contribution >= 0.6 is 0 Å². The monoisotopic (exact) mass is 284 g/mol. The molecule has 0 aliphatic carbocycles. The number of likely N-dealkylation sites (tertiary alicyclic amines) is 1. The molecule has 6 heteroatoms. The Bertz CT molecular complexity index is 321. The highest BCUT2D eigenvalue weighted by Crippen LogP contribution is 2.17. The summed E-state index contributed by atoms with van der Waals surface area (Å²) in [4.78, 5) is 13.8. The van der Waals surface area contributed by atoms with Gasteiger partial charge >= 0.3 is 6.03 Å². The summed E-state index contributed by atoms with van der Waals surface area (Å²) in [6, 6.07) is 0.313. The van der Waals surface area contributed by atoms with Gasteiger partial charge < -0.3 is 24.4 Å². The zero-order valence-electron chi connectivity index (χ0n) is 11.9. The summed E-state index contributed by atoms with van der Waals surface area (Å²) in [5, 5.41) is 3.07. The van der Waals surface area contributed by atoms with Crippen LogP contribution in [-0.2, 0) is 14.2 Å². The highest BCUT2D eigenvalue weighted by molar-refractivity contribution is 5.75. The number of carbonyl (C=O) groups excluding carboxylic acids is 1. The molecule has 3 heterocycles. The number of urea groups is 1. The Labute approximate surface area is 119 Å². The number of amides is 2. The number of ether oxygens (including phenoxy) is 3. The fourth-order valence-electron chi connectivity index (χ4n) is 2.80. The molecule has 0 radical (unpaired) electrons. The van der Waals surface area contributed by atoms with E-state index < -0.39 is 0 Å². The molecule has 3 saturated heterocycles. The van der Waals surface area contributed by atoms with Crippen molar-refractivity contribution in [3.05, 3.63) is 0 Å². The van der Waals surface area contributed by atoms with Crippen molar-refractivity contribution in [1.29, 1.82) is 0 Å². The van der Waals surface area contributed by atoms with Crippen molar-refractivity contribution in [3.63, 3.8) is 0 Å². The van der Waals surface area contributed by atoms with Gasteiger partial charge in [0.05, 0.1) is 32.4 Å². The molecule has 0 unspecified atom stereocenters. The number of carbonyl (C=O) groups is 1. The molecule has 3 fully saturated rings. The zero-order chi connectivity index (χ0) is 13.8. The molecular weight excluding hydrogens is 260 g/mol. The van der Waals surface area contributed by atoms with Gasteiger partial charge in [-0.3, -0.25) is 0 Å². The molecule has 1 N–H and O–H groups in total. The maximum atomic E-state index is 12.0. The third-order valence-electron chi connectivity index (χ3n) is 4.28. The van der Waals surface area contributed by atoms with E-state index in [0.717, 1.165) is 52.3 Å². The first-order valence-electron chi connectivity index (χ1n) is 7.64. The third-order valence-corrected chi connectivity index (χ3v) is 4.28. The lowest BCUT2D eigenvalue weighted by Crippen LogP contribution is -2.59. The van der Waals surface area contributed by atoms with E-state index in [1.165, 1.54) is 0 Å². The molecule has 0 aromatic carbocycles. The Morgan fingerprint density at radius 3 is 2.60 bits per heavy atom. The lowest BCUT2D eigenvalue weighted by molar-refractivity contribution is -0.0495. The maximum Gasteiger partial charge on any atom is 0.317 e. The van der Waals surface area contributed by atoms with Crippen LogP contribution in [0.5, 0.6) is 0 Å². The van der Waals surface area contributed by atoms with Crippen LogP contribution in [0.4, 0.5) is 4.79 Å². The van der Waals surface area contributed by atoms with Gasteiger partial charge in [-0.1, -0.05) is 0 Å². The lowest BCUT2D eigenvalue weighted by Gasteiger charge is -2.40. The van der Waals surface area contributed by atoms with Crippen molar-refractivity contribution < 1.29 is 19.0 Å². The van der Waals surface area contributed by atoms with Crippen LogP contribution in [0.15, 0.2) is 0 Å². The SMILES string of the molecule is O=C(NC1CCOCC1)N1CC(OC[C@H]2CCOC2)C1. The standard InChI is InChI=1S/C14H24N2O4/c17-14(15-12-2-5-18-6-3-12)16-7-13(8-16)20-10-11-1-4-19-9-11/h11-13H,1-10H2,(H,15,17)/t11-/m0/s1. The van der Waals surface area contributed by atoms with Crippen LogP contribution in [0, 0.1) is 5.92 Å². The Kier molecular flexibility index (Phi) is 4.75. The summed E-state index contributed by atoms with van der Waals surface area (Å²) in [7, 11) is 0. The van der Waals surface area contributed by atoms with E-state index in [-0.39, 0.29) is 18.2 Å². The second-order valence-electron chi connectivity index (χ2n) is 5.93.